The Morgan fingerprint density at radius 2 is 0.722 bits per heavy atom. The number of rotatable bonds is 12. The van der Waals surface area contributed by atoms with Gasteiger partial charge in [-0.3, -0.25) is 0 Å². The maximum Gasteiger partial charge on any atom is 0.467 e. The predicted octanol–water partition coefficient (Wildman–Crippen LogP) is 5.26. The molecule has 1 saturated heterocycles. The summed E-state index contributed by atoms with van der Waals surface area (Å²) in [6, 6.07) is 25.7. The normalized spacial score (nSPS) is 13.9. The second-order valence-electron chi connectivity index (χ2n) is 9.81. The molecular weight excluding hydrogens is 441 g/mol. The molecule has 0 N–H and O–H groups in total. The smallest absolute Gasteiger partial charge is 0.445 e. The molecule has 0 atom stereocenters. The Labute approximate surface area is 219 Å². The van der Waals surface area contributed by atoms with Crippen LogP contribution in [0.2, 0.25) is 0 Å². The zero-order valence-electron chi connectivity index (χ0n) is 22.2. The molecule has 0 bridgehead atoms. The highest BCUT2D eigenvalue weighted by molar-refractivity contribution is 6.87. The van der Waals surface area contributed by atoms with Gasteiger partial charge in [-0.1, -0.05) is 113 Å². The van der Waals surface area contributed by atoms with Crippen molar-refractivity contribution in [1.29, 1.82) is 0 Å². The van der Waals surface area contributed by atoms with Gasteiger partial charge in [0.2, 0.25) is 0 Å². The average Bonchev–Trinajstić information content (AvgIpc) is 2.94. The number of hydrogen-bond acceptors (Lipinski definition) is 3. The van der Waals surface area contributed by atoms with E-state index >= 15 is 0 Å². The van der Waals surface area contributed by atoms with Crippen molar-refractivity contribution in [3.63, 3.8) is 0 Å². The molecule has 1 fully saturated rings. The van der Waals surface area contributed by atoms with Gasteiger partial charge in [0.05, 0.1) is 0 Å². The molecule has 0 saturated carbocycles. The molecule has 36 heavy (non-hydrogen) atoms. The fourth-order valence-electron chi connectivity index (χ4n) is 4.95. The highest BCUT2D eigenvalue weighted by Gasteiger charge is 2.45. The van der Waals surface area contributed by atoms with Gasteiger partial charge in [0.25, 0.3) is 0 Å². The maximum absolute atomic E-state index is 6.63. The van der Waals surface area contributed by atoms with Crippen LogP contribution in [-0.2, 0) is 33.0 Å². The first-order chi connectivity index (χ1) is 17.7. The summed E-state index contributed by atoms with van der Waals surface area (Å²) in [7, 11) is -1.46. The average molecular weight is 480 g/mol. The van der Waals surface area contributed by atoms with Gasteiger partial charge in [0.15, 0.2) is 0 Å². The molecule has 0 amide bonds. The van der Waals surface area contributed by atoms with Crippen LogP contribution in [0.3, 0.4) is 0 Å². The first-order valence-electron chi connectivity index (χ1n) is 13.9. The van der Waals surface area contributed by atoms with E-state index in [9.17, 15) is 0 Å². The standard InChI is InChI=1S/C30H39B3O3/c1-4-7-16-25-19-10-13-22-28(25)31-34-32(29-23-14-11-20-26(29)17-8-5-2)36-33(35-31)30-24-15-12-21-27(30)18-9-6-3/h10-15,19-24H,4-9,16-18H2,1-3H3. The first-order valence-corrected chi connectivity index (χ1v) is 13.9. The molecule has 1 aliphatic rings. The Kier molecular flexibility index (Phi) is 10.3. The van der Waals surface area contributed by atoms with Crippen LogP contribution < -0.4 is 16.4 Å². The van der Waals surface area contributed by atoms with E-state index in [-0.39, 0.29) is 0 Å². The second-order valence-corrected chi connectivity index (χ2v) is 9.81. The predicted molar refractivity (Wildman–Crippen MR) is 155 cm³/mol. The first kappa shape index (κ1) is 26.8. The summed E-state index contributed by atoms with van der Waals surface area (Å²) in [5.74, 6) is 0. The van der Waals surface area contributed by atoms with Crippen molar-refractivity contribution in [2.45, 2.75) is 78.6 Å². The van der Waals surface area contributed by atoms with E-state index in [1.807, 2.05) is 0 Å². The molecule has 3 aromatic carbocycles. The lowest BCUT2D eigenvalue weighted by atomic mass is 9.59. The number of hydrogen-bond donors (Lipinski definition) is 0. The Morgan fingerprint density at radius 1 is 0.444 bits per heavy atom. The van der Waals surface area contributed by atoms with Crippen LogP contribution in [0.25, 0.3) is 0 Å². The third-order valence-corrected chi connectivity index (χ3v) is 7.07. The molecule has 4 rings (SSSR count). The quantitative estimate of drug-likeness (QED) is 0.331. The van der Waals surface area contributed by atoms with Gasteiger partial charge in [0, 0.05) is 0 Å². The Morgan fingerprint density at radius 3 is 1.00 bits per heavy atom. The van der Waals surface area contributed by atoms with E-state index in [0.29, 0.717) is 0 Å². The highest BCUT2D eigenvalue weighted by Crippen LogP contribution is 2.16. The lowest BCUT2D eigenvalue weighted by Crippen LogP contribution is -2.62. The van der Waals surface area contributed by atoms with E-state index < -0.39 is 21.4 Å². The van der Waals surface area contributed by atoms with Gasteiger partial charge in [-0.2, -0.15) is 0 Å². The zero-order chi connectivity index (χ0) is 25.2. The molecule has 0 aliphatic carbocycles. The van der Waals surface area contributed by atoms with Crippen molar-refractivity contribution in [3.8, 4) is 0 Å². The van der Waals surface area contributed by atoms with Gasteiger partial charge in [0.1, 0.15) is 0 Å². The minimum Gasteiger partial charge on any atom is -0.445 e. The third kappa shape index (κ3) is 6.73. The lowest BCUT2D eigenvalue weighted by Gasteiger charge is -2.33. The third-order valence-electron chi connectivity index (χ3n) is 7.07. The fraction of sp³-hybridized carbons (Fsp3) is 0.400. The molecular formula is C30H39B3O3. The van der Waals surface area contributed by atoms with E-state index in [0.717, 1.165) is 74.2 Å². The summed E-state index contributed by atoms with van der Waals surface area (Å²) in [6.45, 7) is 6.70. The molecule has 1 aliphatic heterocycles. The van der Waals surface area contributed by atoms with Crippen LogP contribution in [0.1, 0.15) is 76.0 Å². The van der Waals surface area contributed by atoms with Crippen LogP contribution >= 0.6 is 0 Å². The van der Waals surface area contributed by atoms with E-state index in [1.165, 1.54) is 16.7 Å². The van der Waals surface area contributed by atoms with Gasteiger partial charge < -0.3 is 13.7 Å². The van der Waals surface area contributed by atoms with Gasteiger partial charge in [-0.05, 0) is 71.6 Å². The van der Waals surface area contributed by atoms with Crippen LogP contribution in [0.5, 0.6) is 0 Å². The van der Waals surface area contributed by atoms with Crippen molar-refractivity contribution < 1.29 is 13.7 Å². The molecule has 0 radical (unpaired) electrons. The minimum absolute atomic E-state index is 0.486. The highest BCUT2D eigenvalue weighted by atomic mass is 16.7. The molecule has 0 unspecified atom stereocenters. The van der Waals surface area contributed by atoms with Crippen molar-refractivity contribution in [3.05, 3.63) is 89.5 Å². The molecule has 186 valence electrons. The number of aryl methyl sites for hydroxylation is 3. The second kappa shape index (κ2) is 13.9. The summed E-state index contributed by atoms with van der Waals surface area (Å²) in [5, 5.41) is 0. The van der Waals surface area contributed by atoms with Crippen molar-refractivity contribution in [2.24, 2.45) is 0 Å². The Hall–Kier alpha value is -2.27. The Bertz CT molecular complexity index is 948. The topological polar surface area (TPSA) is 27.7 Å². The van der Waals surface area contributed by atoms with Crippen LogP contribution in [-0.4, -0.2) is 21.4 Å². The fourth-order valence-corrected chi connectivity index (χ4v) is 4.95. The van der Waals surface area contributed by atoms with Gasteiger partial charge in [-0.25, -0.2) is 0 Å². The number of unbranched alkanes of at least 4 members (excludes halogenated alkanes) is 3. The zero-order valence-corrected chi connectivity index (χ0v) is 22.2. The maximum atomic E-state index is 6.63. The molecule has 3 aromatic rings. The summed E-state index contributed by atoms with van der Waals surface area (Å²) in [5.41, 5.74) is 7.22. The summed E-state index contributed by atoms with van der Waals surface area (Å²) in [4.78, 5) is 0. The van der Waals surface area contributed by atoms with E-state index in [1.54, 1.807) is 0 Å². The largest absolute Gasteiger partial charge is 0.467 e. The van der Waals surface area contributed by atoms with Gasteiger partial charge >= 0.3 is 21.4 Å². The SMILES string of the molecule is CCCCc1ccccc1B1OB(c2ccccc2CCCC)OB(c2ccccc2CCCC)O1. The van der Waals surface area contributed by atoms with Crippen molar-refractivity contribution in [1.82, 2.24) is 0 Å². The number of benzene rings is 3. The van der Waals surface area contributed by atoms with Crippen molar-refractivity contribution >= 4 is 37.7 Å². The minimum atomic E-state index is -0.486. The van der Waals surface area contributed by atoms with Crippen LogP contribution in [0, 0.1) is 0 Å². The summed E-state index contributed by atoms with van der Waals surface area (Å²) < 4.78 is 19.9. The lowest BCUT2D eigenvalue weighted by molar-refractivity contribution is 0.308. The molecule has 3 nitrogen and oxygen atoms in total. The molecule has 0 spiro atoms. The summed E-state index contributed by atoms with van der Waals surface area (Å²) >= 11 is 0. The summed E-state index contributed by atoms with van der Waals surface area (Å²) in [6.07, 6.45) is 9.97. The van der Waals surface area contributed by atoms with Crippen LogP contribution in [0.15, 0.2) is 72.8 Å². The van der Waals surface area contributed by atoms with Gasteiger partial charge in [-0.15, -0.1) is 0 Å². The Balaban J connectivity index is 1.72. The molecule has 6 heteroatoms. The molecule has 0 aromatic heterocycles. The van der Waals surface area contributed by atoms with Crippen LogP contribution in [0.4, 0.5) is 0 Å². The molecule has 1 heterocycles. The monoisotopic (exact) mass is 480 g/mol. The van der Waals surface area contributed by atoms with Crippen molar-refractivity contribution in [2.75, 3.05) is 0 Å². The van der Waals surface area contributed by atoms with E-state index in [4.69, 9.17) is 13.7 Å². The van der Waals surface area contributed by atoms with E-state index in [2.05, 4.69) is 93.6 Å².